The summed E-state index contributed by atoms with van der Waals surface area (Å²) in [4.78, 5) is 2.47. The second-order valence-corrected chi connectivity index (χ2v) is 8.18. The number of hydrogen-bond donors (Lipinski definition) is 1. The number of ether oxygens (including phenoxy) is 1. The Morgan fingerprint density at radius 3 is 2.11 bits per heavy atom. The summed E-state index contributed by atoms with van der Waals surface area (Å²) >= 11 is 0. The van der Waals surface area contributed by atoms with Crippen molar-refractivity contribution < 1.29 is 9.84 Å². The lowest BCUT2D eigenvalue weighted by Crippen LogP contribution is -2.43. The minimum absolute atomic E-state index is 0.634. The van der Waals surface area contributed by atoms with Crippen LogP contribution in [-0.2, 0) is 10.3 Å². The Morgan fingerprint density at radius 2 is 1.44 bits per heavy atom. The van der Waals surface area contributed by atoms with Gasteiger partial charge in [-0.1, -0.05) is 82.2 Å². The zero-order chi connectivity index (χ0) is 19.2. The van der Waals surface area contributed by atoms with Crippen LogP contribution in [0.2, 0.25) is 0 Å². The molecule has 1 aliphatic rings. The summed E-state index contributed by atoms with van der Waals surface area (Å²) in [6.45, 7) is 7.10. The van der Waals surface area contributed by atoms with Gasteiger partial charge in [-0.25, -0.2) is 0 Å². The molecule has 3 heteroatoms. The summed E-state index contributed by atoms with van der Waals surface area (Å²) in [5.74, 6) is 0. The van der Waals surface area contributed by atoms with Crippen molar-refractivity contribution in [2.45, 2.75) is 83.2 Å². The number of aliphatic hydroxyl groups is 1. The lowest BCUT2D eigenvalue weighted by atomic mass is 9.84. The summed E-state index contributed by atoms with van der Waals surface area (Å²) in [7, 11) is 0. The van der Waals surface area contributed by atoms with Crippen LogP contribution in [0.1, 0.15) is 83.1 Å². The monoisotopic (exact) mass is 375 g/mol. The van der Waals surface area contributed by atoms with Crippen molar-refractivity contribution in [3.8, 4) is 0 Å². The van der Waals surface area contributed by atoms with Crippen molar-refractivity contribution in [2.24, 2.45) is 0 Å². The van der Waals surface area contributed by atoms with Gasteiger partial charge in [0.05, 0.1) is 5.60 Å². The molecule has 1 saturated heterocycles. The van der Waals surface area contributed by atoms with Gasteiger partial charge in [-0.15, -0.1) is 0 Å². The van der Waals surface area contributed by atoms with Gasteiger partial charge in [-0.3, -0.25) is 0 Å². The second-order valence-electron chi connectivity index (χ2n) is 8.18. The maximum atomic E-state index is 10.9. The molecule has 0 aliphatic carbocycles. The third-order valence-electron chi connectivity index (χ3n) is 5.90. The molecule has 0 aromatic heterocycles. The largest absolute Gasteiger partial charge is 0.385 e. The fourth-order valence-electron chi connectivity index (χ4n) is 4.01. The summed E-state index contributed by atoms with van der Waals surface area (Å²) in [6.07, 6.45) is 13.6. The Bertz CT molecular complexity index is 469. The van der Waals surface area contributed by atoms with E-state index in [1.165, 1.54) is 51.4 Å². The molecule has 1 fully saturated rings. The van der Waals surface area contributed by atoms with E-state index in [0.717, 1.165) is 57.7 Å². The van der Waals surface area contributed by atoms with E-state index in [1.807, 2.05) is 18.2 Å². The molecule has 27 heavy (non-hydrogen) atoms. The highest BCUT2D eigenvalue weighted by Gasteiger charge is 2.33. The van der Waals surface area contributed by atoms with Gasteiger partial charge in [-0.2, -0.15) is 0 Å². The molecule has 1 aliphatic heterocycles. The van der Waals surface area contributed by atoms with Crippen molar-refractivity contribution in [2.75, 3.05) is 32.8 Å². The normalized spacial score (nSPS) is 17.3. The standard InChI is InChI=1S/C24H41NO2/c1-2-3-4-5-6-7-8-12-21-27-22-13-18-25-19-16-24(26,17-20-25)23-14-10-9-11-15-23/h9-11,14-15,26H,2-8,12-13,16-22H2,1H3. The molecule has 0 bridgehead atoms. The van der Waals surface area contributed by atoms with Gasteiger partial charge in [0.15, 0.2) is 0 Å². The van der Waals surface area contributed by atoms with E-state index >= 15 is 0 Å². The predicted molar refractivity (Wildman–Crippen MR) is 114 cm³/mol. The van der Waals surface area contributed by atoms with Gasteiger partial charge in [0.2, 0.25) is 0 Å². The number of hydrogen-bond acceptors (Lipinski definition) is 3. The lowest BCUT2D eigenvalue weighted by Gasteiger charge is -2.38. The van der Waals surface area contributed by atoms with Gasteiger partial charge < -0.3 is 14.7 Å². The van der Waals surface area contributed by atoms with Crippen LogP contribution >= 0.6 is 0 Å². The summed E-state index contributed by atoms with van der Waals surface area (Å²) in [5, 5.41) is 10.9. The predicted octanol–water partition coefficient (Wildman–Crippen LogP) is 5.52. The maximum absolute atomic E-state index is 10.9. The van der Waals surface area contributed by atoms with E-state index in [0.29, 0.717) is 0 Å². The molecule has 0 spiro atoms. The molecule has 0 amide bonds. The first-order valence-corrected chi connectivity index (χ1v) is 11.3. The topological polar surface area (TPSA) is 32.7 Å². The minimum Gasteiger partial charge on any atom is -0.385 e. The van der Waals surface area contributed by atoms with E-state index in [4.69, 9.17) is 4.74 Å². The van der Waals surface area contributed by atoms with E-state index in [9.17, 15) is 5.11 Å². The average Bonchev–Trinajstić information content (AvgIpc) is 2.71. The third kappa shape index (κ3) is 8.76. The van der Waals surface area contributed by atoms with Gasteiger partial charge >= 0.3 is 0 Å². The van der Waals surface area contributed by atoms with Crippen LogP contribution in [0.5, 0.6) is 0 Å². The Hall–Kier alpha value is -0.900. The molecule has 1 N–H and O–H groups in total. The Morgan fingerprint density at radius 1 is 0.852 bits per heavy atom. The molecule has 2 rings (SSSR count). The Kier molecular flexibility index (Phi) is 11.0. The first-order valence-electron chi connectivity index (χ1n) is 11.3. The molecule has 1 aromatic carbocycles. The molecular formula is C24H41NO2. The number of benzene rings is 1. The van der Waals surface area contributed by atoms with E-state index in [-0.39, 0.29) is 0 Å². The third-order valence-corrected chi connectivity index (χ3v) is 5.90. The minimum atomic E-state index is -0.634. The summed E-state index contributed by atoms with van der Waals surface area (Å²) in [6, 6.07) is 10.1. The number of unbranched alkanes of at least 4 members (excludes halogenated alkanes) is 7. The van der Waals surface area contributed by atoms with Crippen LogP contribution in [-0.4, -0.2) is 42.9 Å². The van der Waals surface area contributed by atoms with Gasteiger partial charge in [-0.05, 0) is 31.2 Å². The van der Waals surface area contributed by atoms with Gasteiger partial charge in [0.25, 0.3) is 0 Å². The molecule has 1 aromatic rings. The quantitative estimate of drug-likeness (QED) is 0.435. The van der Waals surface area contributed by atoms with Crippen molar-refractivity contribution in [1.29, 1.82) is 0 Å². The van der Waals surface area contributed by atoms with Crippen molar-refractivity contribution in [3.63, 3.8) is 0 Å². The van der Waals surface area contributed by atoms with Crippen LogP contribution in [0.3, 0.4) is 0 Å². The molecular weight excluding hydrogens is 334 g/mol. The van der Waals surface area contributed by atoms with Crippen molar-refractivity contribution in [1.82, 2.24) is 4.90 Å². The SMILES string of the molecule is CCCCCCCCCCOCCCN1CCC(O)(c2ccccc2)CC1. The van der Waals surface area contributed by atoms with Crippen molar-refractivity contribution >= 4 is 0 Å². The number of piperidine rings is 1. The molecule has 0 atom stereocenters. The van der Waals surface area contributed by atoms with Gasteiger partial charge in [0.1, 0.15) is 0 Å². The molecule has 3 nitrogen and oxygen atoms in total. The second kappa shape index (κ2) is 13.3. The Balaban J connectivity index is 1.43. The Labute approximate surface area is 167 Å². The maximum Gasteiger partial charge on any atom is 0.0920 e. The van der Waals surface area contributed by atoms with Crippen LogP contribution in [0, 0.1) is 0 Å². The van der Waals surface area contributed by atoms with Crippen LogP contribution in [0.25, 0.3) is 0 Å². The fourth-order valence-corrected chi connectivity index (χ4v) is 4.01. The summed E-state index contributed by atoms with van der Waals surface area (Å²) < 4.78 is 5.80. The smallest absolute Gasteiger partial charge is 0.0920 e. The highest BCUT2D eigenvalue weighted by atomic mass is 16.5. The molecule has 0 radical (unpaired) electrons. The zero-order valence-electron chi connectivity index (χ0n) is 17.5. The van der Waals surface area contributed by atoms with Crippen LogP contribution in [0.15, 0.2) is 30.3 Å². The zero-order valence-corrected chi connectivity index (χ0v) is 17.5. The number of nitrogens with zero attached hydrogens (tertiary/aromatic N) is 1. The first-order chi connectivity index (χ1) is 13.2. The molecule has 154 valence electrons. The number of likely N-dealkylation sites (tertiary alicyclic amines) is 1. The molecule has 0 saturated carbocycles. The van der Waals surface area contributed by atoms with Crippen molar-refractivity contribution in [3.05, 3.63) is 35.9 Å². The highest BCUT2D eigenvalue weighted by molar-refractivity contribution is 5.22. The average molecular weight is 376 g/mol. The van der Waals surface area contributed by atoms with E-state index in [2.05, 4.69) is 24.0 Å². The first kappa shape index (κ1) is 22.4. The van der Waals surface area contributed by atoms with E-state index < -0.39 is 5.60 Å². The number of rotatable bonds is 14. The highest BCUT2D eigenvalue weighted by Crippen LogP contribution is 2.32. The fraction of sp³-hybridized carbons (Fsp3) is 0.750. The van der Waals surface area contributed by atoms with Gasteiger partial charge in [0, 0.05) is 32.8 Å². The van der Waals surface area contributed by atoms with E-state index in [1.54, 1.807) is 0 Å². The summed E-state index contributed by atoms with van der Waals surface area (Å²) in [5.41, 5.74) is 0.434. The lowest BCUT2D eigenvalue weighted by molar-refractivity contribution is -0.0273. The molecule has 1 heterocycles. The van der Waals surface area contributed by atoms with Crippen LogP contribution in [0.4, 0.5) is 0 Å². The molecule has 0 unspecified atom stereocenters. The van der Waals surface area contributed by atoms with Crippen LogP contribution < -0.4 is 0 Å².